The zero-order chi connectivity index (χ0) is 17.5. The molecule has 0 radical (unpaired) electrons. The van der Waals surface area contributed by atoms with Gasteiger partial charge in [0.15, 0.2) is 5.82 Å². The zero-order valence-corrected chi connectivity index (χ0v) is 14.0. The molecular weight excluding hydrogens is 330 g/mol. The number of allylic oxidation sites excluding steroid dienone is 1. The number of aromatic nitrogens is 4. The van der Waals surface area contributed by atoms with Crippen molar-refractivity contribution < 1.29 is 4.63 Å². The van der Waals surface area contributed by atoms with Crippen LogP contribution in [-0.4, -0.2) is 33.1 Å². The van der Waals surface area contributed by atoms with Crippen LogP contribution in [0, 0.1) is 11.3 Å². The summed E-state index contributed by atoms with van der Waals surface area (Å²) in [4.78, 5) is 0. The quantitative estimate of drug-likeness (QED) is 0.652. The molecule has 0 bridgehead atoms. The molecule has 0 aliphatic carbocycles. The van der Waals surface area contributed by atoms with Crippen LogP contribution in [0.3, 0.4) is 0 Å². The third-order valence-corrected chi connectivity index (χ3v) is 5.22. The molecule has 4 heterocycles. The monoisotopic (exact) mass is 347 g/mol. The first-order chi connectivity index (χ1) is 12.9. The van der Waals surface area contributed by atoms with Crippen LogP contribution < -0.4 is 10.6 Å². The first-order valence-corrected chi connectivity index (χ1v) is 8.76. The lowest BCUT2D eigenvalue weighted by Gasteiger charge is -2.32. The Bertz CT molecular complexity index is 1040. The van der Waals surface area contributed by atoms with Crippen molar-refractivity contribution in [2.45, 2.75) is 31.2 Å². The Labute approximate surface area is 149 Å². The molecule has 5 rings (SSSR count). The van der Waals surface area contributed by atoms with E-state index in [-0.39, 0.29) is 12.0 Å². The van der Waals surface area contributed by atoms with Gasteiger partial charge in [0.2, 0.25) is 0 Å². The van der Waals surface area contributed by atoms with Gasteiger partial charge in [0, 0.05) is 23.5 Å². The highest BCUT2D eigenvalue weighted by molar-refractivity contribution is 5.81. The maximum absolute atomic E-state index is 10.0. The van der Waals surface area contributed by atoms with Crippen molar-refractivity contribution in [1.29, 1.82) is 5.26 Å². The van der Waals surface area contributed by atoms with E-state index in [1.54, 1.807) is 0 Å². The summed E-state index contributed by atoms with van der Waals surface area (Å²) < 4.78 is 4.93. The second-order valence-corrected chi connectivity index (χ2v) is 6.67. The number of hydrogen-bond acceptors (Lipinski definition) is 7. The van der Waals surface area contributed by atoms with E-state index < -0.39 is 0 Å². The standard InChI is InChI=1S/C18H17N7O/c19-8-11-15(10-4-3-6-14-17(10)25-26-24-14)12-9-21-23-18(12)22-16(11)13-5-1-2-7-20-13/h3-4,6,9,13,15,20H,1-2,5,7H2,(H2,21,22,23). The van der Waals surface area contributed by atoms with Gasteiger partial charge < -0.3 is 10.6 Å². The third-order valence-electron chi connectivity index (χ3n) is 5.22. The van der Waals surface area contributed by atoms with Gasteiger partial charge in [-0.05, 0) is 41.3 Å². The van der Waals surface area contributed by atoms with Gasteiger partial charge in [0.05, 0.1) is 17.6 Å². The largest absolute Gasteiger partial charge is 0.340 e. The summed E-state index contributed by atoms with van der Waals surface area (Å²) in [5.74, 6) is 0.495. The SMILES string of the molecule is N#CC1=C(C2CCCCN2)Nc2n[nH]cc2C1c1cccc2nonc12. The normalized spacial score (nSPS) is 22.7. The Morgan fingerprint density at radius 1 is 1.19 bits per heavy atom. The van der Waals surface area contributed by atoms with Crippen molar-refractivity contribution in [3.63, 3.8) is 0 Å². The predicted octanol–water partition coefficient (Wildman–Crippen LogP) is 2.42. The first-order valence-electron chi connectivity index (χ1n) is 8.76. The summed E-state index contributed by atoms with van der Waals surface area (Å²) in [5.41, 5.74) is 4.78. The van der Waals surface area contributed by atoms with Crippen LogP contribution in [0.1, 0.15) is 36.3 Å². The van der Waals surface area contributed by atoms with Crippen molar-refractivity contribution in [3.05, 3.63) is 46.8 Å². The zero-order valence-electron chi connectivity index (χ0n) is 14.0. The maximum atomic E-state index is 10.0. The van der Waals surface area contributed by atoms with Crippen LogP contribution in [0.15, 0.2) is 40.3 Å². The summed E-state index contributed by atoms with van der Waals surface area (Å²) in [7, 11) is 0. The van der Waals surface area contributed by atoms with Crippen LogP contribution in [0.2, 0.25) is 0 Å². The summed E-state index contributed by atoms with van der Waals surface area (Å²) in [5, 5.41) is 32.2. The Kier molecular flexibility index (Phi) is 3.47. The van der Waals surface area contributed by atoms with Gasteiger partial charge in [-0.25, -0.2) is 4.63 Å². The number of rotatable bonds is 2. The van der Waals surface area contributed by atoms with E-state index in [0.717, 1.165) is 48.4 Å². The molecular formula is C18H17N7O. The molecule has 2 unspecified atom stereocenters. The number of nitriles is 1. The van der Waals surface area contributed by atoms with Gasteiger partial charge in [0.1, 0.15) is 11.0 Å². The number of anilines is 1. The molecule has 26 heavy (non-hydrogen) atoms. The van der Waals surface area contributed by atoms with E-state index in [1.807, 2.05) is 24.4 Å². The molecule has 0 amide bonds. The van der Waals surface area contributed by atoms with Gasteiger partial charge in [-0.1, -0.05) is 18.6 Å². The van der Waals surface area contributed by atoms with Crippen LogP contribution in [0.25, 0.3) is 11.0 Å². The molecule has 8 heteroatoms. The highest BCUT2D eigenvalue weighted by Crippen LogP contribution is 2.43. The van der Waals surface area contributed by atoms with Crippen molar-refractivity contribution in [3.8, 4) is 6.07 Å². The fraction of sp³-hybridized carbons (Fsp3) is 0.333. The summed E-state index contributed by atoms with van der Waals surface area (Å²) in [6.45, 7) is 0.954. The number of fused-ring (bicyclic) bond motifs is 2. The highest BCUT2D eigenvalue weighted by atomic mass is 16.6. The number of nitrogens with one attached hydrogen (secondary N) is 3. The molecule has 1 saturated heterocycles. The number of aromatic amines is 1. The minimum absolute atomic E-state index is 0.125. The maximum Gasteiger partial charge on any atom is 0.156 e. The van der Waals surface area contributed by atoms with Gasteiger partial charge in [0.25, 0.3) is 0 Å². The van der Waals surface area contributed by atoms with E-state index in [0.29, 0.717) is 16.6 Å². The fourth-order valence-electron chi connectivity index (χ4n) is 4.01. The van der Waals surface area contributed by atoms with Crippen molar-refractivity contribution >= 4 is 16.9 Å². The molecule has 3 aromatic rings. The molecule has 1 fully saturated rings. The molecule has 3 N–H and O–H groups in total. The number of benzene rings is 1. The van der Waals surface area contributed by atoms with E-state index in [9.17, 15) is 5.26 Å². The van der Waals surface area contributed by atoms with Crippen molar-refractivity contribution in [2.75, 3.05) is 11.9 Å². The minimum atomic E-state index is -0.260. The van der Waals surface area contributed by atoms with Crippen molar-refractivity contribution in [1.82, 2.24) is 25.8 Å². The van der Waals surface area contributed by atoms with Crippen molar-refractivity contribution in [2.24, 2.45) is 0 Å². The van der Waals surface area contributed by atoms with Gasteiger partial charge in [-0.15, -0.1) is 0 Å². The molecule has 1 aromatic carbocycles. The molecule has 130 valence electrons. The molecule has 0 spiro atoms. The van der Waals surface area contributed by atoms with Crippen LogP contribution in [0.4, 0.5) is 5.82 Å². The van der Waals surface area contributed by atoms with E-state index in [1.165, 1.54) is 0 Å². The number of hydrogen-bond donors (Lipinski definition) is 3. The Balaban J connectivity index is 1.72. The molecule has 2 aliphatic rings. The predicted molar refractivity (Wildman–Crippen MR) is 94.1 cm³/mol. The minimum Gasteiger partial charge on any atom is -0.340 e. The number of H-pyrrole nitrogens is 1. The van der Waals surface area contributed by atoms with E-state index in [4.69, 9.17) is 4.63 Å². The fourth-order valence-corrected chi connectivity index (χ4v) is 4.01. The molecule has 2 aliphatic heterocycles. The van der Waals surface area contributed by atoms with Crippen LogP contribution in [-0.2, 0) is 0 Å². The number of nitrogens with zero attached hydrogens (tertiary/aromatic N) is 4. The lowest BCUT2D eigenvalue weighted by atomic mass is 9.80. The third kappa shape index (κ3) is 2.21. The molecule has 0 saturated carbocycles. The van der Waals surface area contributed by atoms with Gasteiger partial charge in [-0.2, -0.15) is 10.4 Å². The highest BCUT2D eigenvalue weighted by Gasteiger charge is 2.35. The van der Waals surface area contributed by atoms with Crippen LogP contribution in [0.5, 0.6) is 0 Å². The number of piperidine rings is 1. The average molecular weight is 347 g/mol. The van der Waals surface area contributed by atoms with Gasteiger partial charge in [-0.3, -0.25) is 5.10 Å². The second kappa shape index (κ2) is 5.97. The molecule has 8 nitrogen and oxygen atoms in total. The van der Waals surface area contributed by atoms with E-state index >= 15 is 0 Å². The molecule has 2 atom stereocenters. The van der Waals surface area contributed by atoms with Crippen LogP contribution >= 0.6 is 0 Å². The lowest BCUT2D eigenvalue weighted by Crippen LogP contribution is -2.40. The smallest absolute Gasteiger partial charge is 0.156 e. The summed E-state index contributed by atoms with van der Waals surface area (Å²) in [6.07, 6.45) is 5.13. The van der Waals surface area contributed by atoms with E-state index in [2.05, 4.69) is 37.2 Å². The Hall–Kier alpha value is -3.18. The summed E-state index contributed by atoms with van der Waals surface area (Å²) in [6, 6.07) is 8.31. The van der Waals surface area contributed by atoms with Gasteiger partial charge >= 0.3 is 0 Å². The Morgan fingerprint density at radius 3 is 3.00 bits per heavy atom. The molecule has 2 aromatic heterocycles. The average Bonchev–Trinajstić information content (AvgIpc) is 3.36. The lowest BCUT2D eigenvalue weighted by molar-refractivity contribution is 0.315. The Morgan fingerprint density at radius 2 is 2.15 bits per heavy atom. The second-order valence-electron chi connectivity index (χ2n) is 6.67. The topological polar surface area (TPSA) is 115 Å². The summed E-state index contributed by atoms with van der Waals surface area (Å²) >= 11 is 0. The first kappa shape index (κ1) is 15.1.